The maximum absolute atomic E-state index is 12.1. The SMILES string of the molecule is CCCC/C(=N/NC(=O)COc1cccc(C)c1C)c1ccccc1. The fourth-order valence-electron chi connectivity index (χ4n) is 2.43. The Morgan fingerprint density at radius 1 is 1.08 bits per heavy atom. The number of benzene rings is 2. The first-order valence-corrected chi connectivity index (χ1v) is 8.71. The molecule has 1 N–H and O–H groups in total. The largest absolute Gasteiger partial charge is 0.483 e. The normalized spacial score (nSPS) is 11.2. The fourth-order valence-corrected chi connectivity index (χ4v) is 2.43. The van der Waals surface area contributed by atoms with Crippen LogP contribution in [-0.2, 0) is 4.79 Å². The predicted molar refractivity (Wildman–Crippen MR) is 102 cm³/mol. The Bertz CT molecular complexity index is 724. The Labute approximate surface area is 149 Å². The molecule has 0 aliphatic rings. The molecule has 25 heavy (non-hydrogen) atoms. The van der Waals surface area contributed by atoms with Crippen molar-refractivity contribution in [1.82, 2.24) is 5.43 Å². The molecule has 0 atom stereocenters. The summed E-state index contributed by atoms with van der Waals surface area (Å²) in [7, 11) is 0. The van der Waals surface area contributed by atoms with Crippen LogP contribution in [0.3, 0.4) is 0 Å². The van der Waals surface area contributed by atoms with E-state index in [4.69, 9.17) is 4.74 Å². The Kier molecular flexibility index (Phi) is 7.20. The van der Waals surface area contributed by atoms with Gasteiger partial charge in [-0.2, -0.15) is 5.10 Å². The molecule has 0 aliphatic heterocycles. The van der Waals surface area contributed by atoms with Crippen molar-refractivity contribution < 1.29 is 9.53 Å². The number of carbonyl (C=O) groups excluding carboxylic acids is 1. The number of amides is 1. The second kappa shape index (κ2) is 9.62. The van der Waals surface area contributed by atoms with Crippen LogP contribution in [0.1, 0.15) is 42.9 Å². The number of ether oxygens (including phenoxy) is 1. The Morgan fingerprint density at radius 3 is 2.56 bits per heavy atom. The van der Waals surface area contributed by atoms with E-state index in [-0.39, 0.29) is 12.5 Å². The summed E-state index contributed by atoms with van der Waals surface area (Å²) >= 11 is 0. The number of nitrogens with zero attached hydrogens (tertiary/aromatic N) is 1. The summed E-state index contributed by atoms with van der Waals surface area (Å²) in [5.41, 5.74) is 6.73. The van der Waals surface area contributed by atoms with E-state index in [9.17, 15) is 4.79 Å². The lowest BCUT2D eigenvalue weighted by Gasteiger charge is -2.10. The molecule has 0 heterocycles. The Hall–Kier alpha value is -2.62. The van der Waals surface area contributed by atoms with Gasteiger partial charge in [0.05, 0.1) is 5.71 Å². The number of rotatable bonds is 8. The first-order chi connectivity index (χ1) is 12.1. The molecule has 4 heteroatoms. The van der Waals surface area contributed by atoms with Gasteiger partial charge in [0.15, 0.2) is 6.61 Å². The monoisotopic (exact) mass is 338 g/mol. The zero-order valence-corrected chi connectivity index (χ0v) is 15.2. The molecule has 4 nitrogen and oxygen atoms in total. The summed E-state index contributed by atoms with van der Waals surface area (Å²) in [5.74, 6) is 0.472. The summed E-state index contributed by atoms with van der Waals surface area (Å²) < 4.78 is 5.62. The maximum Gasteiger partial charge on any atom is 0.277 e. The Morgan fingerprint density at radius 2 is 1.84 bits per heavy atom. The average Bonchev–Trinajstić information content (AvgIpc) is 2.63. The lowest BCUT2D eigenvalue weighted by Crippen LogP contribution is -2.26. The minimum atomic E-state index is -0.258. The topological polar surface area (TPSA) is 50.7 Å². The third-order valence-corrected chi connectivity index (χ3v) is 4.10. The van der Waals surface area contributed by atoms with E-state index < -0.39 is 0 Å². The molecule has 2 rings (SSSR count). The molecule has 2 aromatic carbocycles. The van der Waals surface area contributed by atoms with E-state index in [1.807, 2.05) is 62.4 Å². The minimum absolute atomic E-state index is 0.0519. The number of hydrazone groups is 1. The molecule has 0 bridgehead atoms. The van der Waals surface area contributed by atoms with Crippen LogP contribution in [0.2, 0.25) is 0 Å². The molecule has 0 aliphatic carbocycles. The van der Waals surface area contributed by atoms with E-state index in [0.29, 0.717) is 0 Å². The van der Waals surface area contributed by atoms with Crippen molar-refractivity contribution >= 4 is 11.6 Å². The first-order valence-electron chi connectivity index (χ1n) is 8.71. The van der Waals surface area contributed by atoms with Crippen molar-refractivity contribution in [3.8, 4) is 5.75 Å². The number of hydrogen-bond donors (Lipinski definition) is 1. The average molecular weight is 338 g/mol. The predicted octanol–water partition coefficient (Wildman–Crippen LogP) is 4.39. The van der Waals surface area contributed by atoms with Gasteiger partial charge in [-0.15, -0.1) is 0 Å². The summed E-state index contributed by atoms with van der Waals surface area (Å²) in [6.45, 7) is 6.09. The molecule has 2 aromatic rings. The van der Waals surface area contributed by atoms with Crippen LogP contribution in [-0.4, -0.2) is 18.2 Å². The molecule has 0 fully saturated rings. The highest BCUT2D eigenvalue weighted by atomic mass is 16.5. The molecule has 0 unspecified atom stereocenters. The van der Waals surface area contributed by atoms with E-state index in [1.54, 1.807) is 0 Å². The molecular weight excluding hydrogens is 312 g/mol. The quantitative estimate of drug-likeness (QED) is 0.573. The molecule has 0 spiro atoms. The molecule has 0 saturated carbocycles. The van der Waals surface area contributed by atoms with Crippen molar-refractivity contribution in [2.24, 2.45) is 5.10 Å². The number of hydrogen-bond acceptors (Lipinski definition) is 3. The van der Waals surface area contributed by atoms with Gasteiger partial charge in [0, 0.05) is 0 Å². The minimum Gasteiger partial charge on any atom is -0.483 e. The number of unbranched alkanes of at least 4 members (excludes halogenated alkanes) is 1. The van der Waals surface area contributed by atoms with Gasteiger partial charge >= 0.3 is 0 Å². The molecule has 0 aromatic heterocycles. The van der Waals surface area contributed by atoms with Gasteiger partial charge in [0.1, 0.15) is 5.75 Å². The van der Waals surface area contributed by atoms with Crippen molar-refractivity contribution in [3.63, 3.8) is 0 Å². The van der Waals surface area contributed by atoms with Crippen LogP contribution in [0, 0.1) is 13.8 Å². The summed E-state index contributed by atoms with van der Waals surface area (Å²) in [5, 5.41) is 4.32. The van der Waals surface area contributed by atoms with Crippen molar-refractivity contribution in [2.75, 3.05) is 6.61 Å². The van der Waals surface area contributed by atoms with Gasteiger partial charge in [0.25, 0.3) is 5.91 Å². The van der Waals surface area contributed by atoms with E-state index >= 15 is 0 Å². The summed E-state index contributed by atoms with van der Waals surface area (Å²) in [4.78, 5) is 12.1. The molecule has 132 valence electrons. The van der Waals surface area contributed by atoms with E-state index in [1.165, 1.54) is 0 Å². The van der Waals surface area contributed by atoms with Crippen molar-refractivity contribution in [2.45, 2.75) is 40.0 Å². The van der Waals surface area contributed by atoms with Gasteiger partial charge in [-0.05, 0) is 49.4 Å². The Balaban J connectivity index is 1.97. The highest BCUT2D eigenvalue weighted by molar-refractivity contribution is 6.01. The fraction of sp³-hybridized carbons (Fsp3) is 0.333. The van der Waals surface area contributed by atoms with Gasteiger partial charge in [-0.25, -0.2) is 5.43 Å². The van der Waals surface area contributed by atoms with Crippen molar-refractivity contribution in [1.29, 1.82) is 0 Å². The number of carbonyl (C=O) groups is 1. The van der Waals surface area contributed by atoms with Gasteiger partial charge in [-0.1, -0.05) is 55.8 Å². The zero-order valence-electron chi connectivity index (χ0n) is 15.2. The van der Waals surface area contributed by atoms with Crippen LogP contribution in [0.4, 0.5) is 0 Å². The van der Waals surface area contributed by atoms with Gasteiger partial charge in [0.2, 0.25) is 0 Å². The lowest BCUT2D eigenvalue weighted by atomic mass is 10.1. The second-order valence-corrected chi connectivity index (χ2v) is 6.05. The van der Waals surface area contributed by atoms with Gasteiger partial charge < -0.3 is 4.74 Å². The molecule has 1 amide bonds. The highest BCUT2D eigenvalue weighted by Crippen LogP contribution is 2.20. The van der Waals surface area contributed by atoms with Crippen LogP contribution in [0.15, 0.2) is 53.6 Å². The highest BCUT2D eigenvalue weighted by Gasteiger charge is 2.07. The standard InChI is InChI=1S/C21H26N2O2/c1-4-5-13-19(18-11-7-6-8-12-18)22-23-21(24)15-25-20-14-9-10-16(2)17(20)3/h6-12,14H,4-5,13,15H2,1-3H3,(H,23,24)/b22-19-. The second-order valence-electron chi connectivity index (χ2n) is 6.05. The van der Waals surface area contributed by atoms with Crippen LogP contribution < -0.4 is 10.2 Å². The van der Waals surface area contributed by atoms with Crippen molar-refractivity contribution in [3.05, 3.63) is 65.2 Å². The molecule has 0 saturated heterocycles. The third-order valence-electron chi connectivity index (χ3n) is 4.10. The summed E-state index contributed by atoms with van der Waals surface area (Å²) in [6, 6.07) is 15.7. The van der Waals surface area contributed by atoms with Crippen LogP contribution in [0.25, 0.3) is 0 Å². The molecule has 0 radical (unpaired) electrons. The van der Waals surface area contributed by atoms with Crippen LogP contribution in [0.5, 0.6) is 5.75 Å². The first kappa shape index (κ1) is 18.7. The van der Waals surface area contributed by atoms with E-state index in [0.717, 1.165) is 47.4 Å². The lowest BCUT2D eigenvalue weighted by molar-refractivity contribution is -0.123. The third kappa shape index (κ3) is 5.75. The van der Waals surface area contributed by atoms with Crippen LogP contribution >= 0.6 is 0 Å². The van der Waals surface area contributed by atoms with Gasteiger partial charge in [-0.3, -0.25) is 4.79 Å². The number of aryl methyl sites for hydroxylation is 1. The maximum atomic E-state index is 12.1. The molecular formula is C21H26N2O2. The van der Waals surface area contributed by atoms with E-state index in [2.05, 4.69) is 17.5 Å². The number of nitrogens with one attached hydrogen (secondary N) is 1. The summed E-state index contributed by atoms with van der Waals surface area (Å²) in [6.07, 6.45) is 2.94. The smallest absolute Gasteiger partial charge is 0.277 e. The zero-order chi connectivity index (χ0) is 18.1.